The third-order valence-electron chi connectivity index (χ3n) is 4.17. The molecule has 130 valence electrons. The number of nitrogens with one attached hydrogen (secondary N) is 1. The summed E-state index contributed by atoms with van der Waals surface area (Å²) in [6.07, 6.45) is 4.63. The molecule has 1 fully saturated rings. The van der Waals surface area contributed by atoms with Gasteiger partial charge in [0, 0.05) is 18.4 Å². The van der Waals surface area contributed by atoms with E-state index in [1.54, 1.807) is 17.6 Å². The number of ether oxygens (including phenoxy) is 1. The minimum Gasteiger partial charge on any atom is -0.363 e. The van der Waals surface area contributed by atoms with E-state index >= 15 is 0 Å². The Bertz CT molecular complexity index is 918. The molecule has 4 heterocycles. The largest absolute Gasteiger partial charge is 0.363 e. The molecule has 0 aromatic carbocycles. The van der Waals surface area contributed by atoms with Crippen LogP contribution in [0.5, 0.6) is 0 Å². The summed E-state index contributed by atoms with van der Waals surface area (Å²) in [7, 11) is 0. The van der Waals surface area contributed by atoms with Gasteiger partial charge in [-0.25, -0.2) is 9.50 Å². The zero-order chi connectivity index (χ0) is 17.4. The zero-order valence-electron chi connectivity index (χ0n) is 14.0. The van der Waals surface area contributed by atoms with Gasteiger partial charge < -0.3 is 14.6 Å². The molecule has 4 rings (SSSR count). The quantitative estimate of drug-likeness (QED) is 0.763. The Kier molecular flexibility index (Phi) is 3.92. The number of rotatable bonds is 4. The summed E-state index contributed by atoms with van der Waals surface area (Å²) in [5.41, 5.74) is 1.83. The highest BCUT2D eigenvalue weighted by molar-refractivity contribution is 5.99. The predicted octanol–water partition coefficient (Wildman–Crippen LogP) is 1.38. The van der Waals surface area contributed by atoms with E-state index in [0.29, 0.717) is 29.5 Å². The highest BCUT2D eigenvalue weighted by Gasteiger charge is 2.30. The molecule has 1 aliphatic rings. The van der Waals surface area contributed by atoms with E-state index in [1.807, 2.05) is 13.0 Å². The van der Waals surface area contributed by atoms with Gasteiger partial charge in [-0.1, -0.05) is 5.16 Å². The van der Waals surface area contributed by atoms with E-state index in [2.05, 4.69) is 25.5 Å². The molecule has 0 saturated carbocycles. The van der Waals surface area contributed by atoms with Crippen molar-refractivity contribution in [3.8, 4) is 0 Å². The first-order valence-electron chi connectivity index (χ1n) is 8.15. The molecule has 0 unspecified atom stereocenters. The van der Waals surface area contributed by atoms with Crippen molar-refractivity contribution in [2.24, 2.45) is 0 Å². The molecule has 3 aromatic heterocycles. The average molecular weight is 342 g/mol. The Balaban J connectivity index is 1.38. The third kappa shape index (κ3) is 3.10. The molecule has 0 radical (unpaired) electrons. The van der Waals surface area contributed by atoms with Crippen LogP contribution in [0.25, 0.3) is 5.65 Å². The normalized spacial score (nSPS) is 20.2. The molecule has 9 nitrogen and oxygen atoms in total. The summed E-state index contributed by atoms with van der Waals surface area (Å²) in [5, 5.41) is 10.8. The number of hydrogen-bond donors (Lipinski definition) is 1. The molecule has 9 heteroatoms. The fraction of sp³-hybridized carbons (Fsp3) is 0.438. The minimum absolute atomic E-state index is 0.0855. The number of fused-ring (bicyclic) bond motifs is 1. The molecule has 1 N–H and O–H groups in total. The van der Waals surface area contributed by atoms with Gasteiger partial charge in [-0.05, 0) is 32.8 Å². The van der Waals surface area contributed by atoms with Crippen LogP contribution < -0.4 is 5.32 Å². The van der Waals surface area contributed by atoms with Crippen LogP contribution in [0.15, 0.2) is 23.0 Å². The number of nitrogens with zero attached hydrogens (tertiary/aromatic N) is 5. The third-order valence-corrected chi connectivity index (χ3v) is 4.17. The molecular formula is C16H18N6O3. The standard InChI is InChI=1S/C16H18N6O3/c1-9-5-6-22-14(19-9)12(8-18-22)15(23)17-7-11-3-4-13(24-11)16-20-10(2)21-25-16/h5-6,8,11,13H,3-4,7H2,1-2H3,(H,17,23)/t11-,13+/m1/s1. The SMILES string of the molecule is Cc1ccn2ncc(C(=O)NC[C@H]3CC[C@@H](c4nc(C)no4)O3)c2n1. The summed E-state index contributed by atoms with van der Waals surface area (Å²) < 4.78 is 12.6. The van der Waals surface area contributed by atoms with Crippen LogP contribution in [-0.2, 0) is 4.74 Å². The van der Waals surface area contributed by atoms with Crippen LogP contribution in [0.4, 0.5) is 0 Å². The van der Waals surface area contributed by atoms with Crippen LogP contribution in [0.3, 0.4) is 0 Å². The first-order valence-corrected chi connectivity index (χ1v) is 8.15. The minimum atomic E-state index is -0.214. The Morgan fingerprint density at radius 3 is 3.04 bits per heavy atom. The highest BCUT2D eigenvalue weighted by atomic mass is 16.5. The van der Waals surface area contributed by atoms with Gasteiger partial charge in [-0.3, -0.25) is 4.79 Å². The van der Waals surface area contributed by atoms with E-state index in [9.17, 15) is 4.79 Å². The molecule has 0 bridgehead atoms. The van der Waals surface area contributed by atoms with Gasteiger partial charge in [-0.15, -0.1) is 0 Å². The highest BCUT2D eigenvalue weighted by Crippen LogP contribution is 2.31. The Morgan fingerprint density at radius 1 is 1.36 bits per heavy atom. The fourth-order valence-corrected chi connectivity index (χ4v) is 2.90. The van der Waals surface area contributed by atoms with Gasteiger partial charge in [0.05, 0.1) is 12.3 Å². The number of aryl methyl sites for hydroxylation is 2. The Morgan fingerprint density at radius 2 is 2.24 bits per heavy atom. The first kappa shape index (κ1) is 15.7. The lowest BCUT2D eigenvalue weighted by Gasteiger charge is -2.12. The van der Waals surface area contributed by atoms with Crippen molar-refractivity contribution in [3.05, 3.63) is 41.4 Å². The molecule has 25 heavy (non-hydrogen) atoms. The van der Waals surface area contributed by atoms with Crippen LogP contribution in [-0.4, -0.2) is 43.3 Å². The molecule has 1 aliphatic heterocycles. The summed E-state index contributed by atoms with van der Waals surface area (Å²) in [5.74, 6) is 0.869. The lowest BCUT2D eigenvalue weighted by molar-refractivity contribution is 0.0262. The Labute approximate surface area is 143 Å². The van der Waals surface area contributed by atoms with Gasteiger partial charge in [-0.2, -0.15) is 10.1 Å². The summed E-state index contributed by atoms with van der Waals surface area (Å²) in [6.45, 7) is 4.05. The lowest BCUT2D eigenvalue weighted by atomic mass is 10.2. The van der Waals surface area contributed by atoms with Crippen LogP contribution in [0, 0.1) is 13.8 Å². The lowest BCUT2D eigenvalue weighted by Crippen LogP contribution is -2.31. The van der Waals surface area contributed by atoms with E-state index in [4.69, 9.17) is 9.26 Å². The monoisotopic (exact) mass is 342 g/mol. The molecule has 1 amide bonds. The second kappa shape index (κ2) is 6.25. The maximum absolute atomic E-state index is 12.4. The second-order valence-electron chi connectivity index (χ2n) is 6.11. The van der Waals surface area contributed by atoms with Crippen molar-refractivity contribution in [2.75, 3.05) is 6.54 Å². The molecule has 3 aromatic rings. The van der Waals surface area contributed by atoms with Crippen molar-refractivity contribution in [1.82, 2.24) is 30.1 Å². The predicted molar refractivity (Wildman–Crippen MR) is 85.9 cm³/mol. The van der Waals surface area contributed by atoms with Gasteiger partial charge in [0.25, 0.3) is 11.8 Å². The molecular weight excluding hydrogens is 324 g/mol. The van der Waals surface area contributed by atoms with Gasteiger partial charge in [0.2, 0.25) is 0 Å². The van der Waals surface area contributed by atoms with Gasteiger partial charge in [0.1, 0.15) is 11.7 Å². The van der Waals surface area contributed by atoms with Crippen LogP contribution in [0.2, 0.25) is 0 Å². The maximum Gasteiger partial charge on any atom is 0.256 e. The number of hydrogen-bond acceptors (Lipinski definition) is 7. The van der Waals surface area contributed by atoms with Crippen molar-refractivity contribution < 1.29 is 14.1 Å². The number of amides is 1. The van der Waals surface area contributed by atoms with E-state index in [1.165, 1.54) is 6.20 Å². The Hall–Kier alpha value is -2.81. The molecule has 0 aliphatic carbocycles. The smallest absolute Gasteiger partial charge is 0.256 e. The zero-order valence-corrected chi connectivity index (χ0v) is 14.0. The van der Waals surface area contributed by atoms with Crippen LogP contribution in [0.1, 0.15) is 46.7 Å². The van der Waals surface area contributed by atoms with Crippen molar-refractivity contribution >= 4 is 11.6 Å². The van der Waals surface area contributed by atoms with Gasteiger partial charge >= 0.3 is 0 Å². The maximum atomic E-state index is 12.4. The van der Waals surface area contributed by atoms with E-state index in [0.717, 1.165) is 18.5 Å². The van der Waals surface area contributed by atoms with E-state index in [-0.39, 0.29) is 18.1 Å². The van der Waals surface area contributed by atoms with Crippen molar-refractivity contribution in [2.45, 2.75) is 38.9 Å². The second-order valence-corrected chi connectivity index (χ2v) is 6.11. The number of carbonyl (C=O) groups excluding carboxylic acids is 1. The topological polar surface area (TPSA) is 107 Å². The van der Waals surface area contributed by atoms with Crippen molar-refractivity contribution in [1.29, 1.82) is 0 Å². The fourth-order valence-electron chi connectivity index (χ4n) is 2.90. The number of aromatic nitrogens is 5. The van der Waals surface area contributed by atoms with Gasteiger partial charge in [0.15, 0.2) is 11.5 Å². The molecule has 2 atom stereocenters. The summed E-state index contributed by atoms with van der Waals surface area (Å²) >= 11 is 0. The summed E-state index contributed by atoms with van der Waals surface area (Å²) in [6, 6.07) is 1.84. The number of carbonyl (C=O) groups is 1. The average Bonchev–Trinajstić information content (AvgIpc) is 3.31. The van der Waals surface area contributed by atoms with E-state index < -0.39 is 0 Å². The first-order chi connectivity index (χ1) is 12.1. The summed E-state index contributed by atoms with van der Waals surface area (Å²) in [4.78, 5) is 21.0. The molecule has 0 spiro atoms. The van der Waals surface area contributed by atoms with Crippen LogP contribution >= 0.6 is 0 Å². The molecule has 1 saturated heterocycles. The van der Waals surface area contributed by atoms with Crippen molar-refractivity contribution in [3.63, 3.8) is 0 Å².